The van der Waals surface area contributed by atoms with Crippen molar-refractivity contribution >= 4 is 22.8 Å². The van der Waals surface area contributed by atoms with Gasteiger partial charge in [0.1, 0.15) is 11.6 Å². The predicted molar refractivity (Wildman–Crippen MR) is 78.9 cm³/mol. The molecule has 1 heterocycles. The van der Waals surface area contributed by atoms with E-state index in [0.29, 0.717) is 5.56 Å². The van der Waals surface area contributed by atoms with Crippen LogP contribution in [0.1, 0.15) is 38.1 Å². The van der Waals surface area contributed by atoms with Crippen molar-refractivity contribution in [2.45, 2.75) is 39.3 Å². The molecular formula is C15H19N3O3. The highest BCUT2D eigenvalue weighted by molar-refractivity contribution is 5.99. The first-order chi connectivity index (χ1) is 9.76. The lowest BCUT2D eigenvalue weighted by Crippen LogP contribution is -2.42. The summed E-state index contributed by atoms with van der Waals surface area (Å²) in [7, 11) is 0. The van der Waals surface area contributed by atoms with Gasteiger partial charge in [0.25, 0.3) is 5.91 Å². The van der Waals surface area contributed by atoms with Gasteiger partial charge in [0.15, 0.2) is 0 Å². The number of ether oxygens (including phenoxy) is 1. The summed E-state index contributed by atoms with van der Waals surface area (Å²) in [6, 6.07) is 4.47. The smallest absolute Gasteiger partial charge is 0.328 e. The average molecular weight is 289 g/mol. The van der Waals surface area contributed by atoms with E-state index >= 15 is 0 Å². The molecule has 21 heavy (non-hydrogen) atoms. The van der Waals surface area contributed by atoms with E-state index in [-0.39, 0.29) is 5.91 Å². The zero-order valence-electron chi connectivity index (χ0n) is 12.6. The molecule has 1 atom stereocenters. The summed E-state index contributed by atoms with van der Waals surface area (Å²) in [6.07, 6.45) is 1.68. The summed E-state index contributed by atoms with van der Waals surface area (Å²) in [4.78, 5) is 24.0. The topological polar surface area (TPSA) is 84.1 Å². The van der Waals surface area contributed by atoms with Gasteiger partial charge in [-0.15, -0.1) is 0 Å². The molecule has 0 fully saturated rings. The molecule has 2 N–H and O–H groups in total. The molecule has 1 aromatic carbocycles. The van der Waals surface area contributed by atoms with E-state index in [2.05, 4.69) is 15.5 Å². The number of benzene rings is 1. The molecule has 0 aliphatic carbocycles. The molecule has 0 saturated carbocycles. The summed E-state index contributed by atoms with van der Waals surface area (Å²) in [5, 5.41) is 10.3. The maximum atomic E-state index is 12.1. The first-order valence-electron chi connectivity index (χ1n) is 6.73. The van der Waals surface area contributed by atoms with E-state index in [1.807, 2.05) is 0 Å². The minimum Gasteiger partial charge on any atom is -0.458 e. The third-order valence-corrected chi connectivity index (χ3v) is 2.81. The Labute approximate surface area is 122 Å². The predicted octanol–water partition coefficient (Wildman–Crippen LogP) is 2.02. The van der Waals surface area contributed by atoms with Gasteiger partial charge in [-0.2, -0.15) is 5.10 Å². The highest BCUT2D eigenvalue weighted by atomic mass is 16.6. The second-order valence-corrected chi connectivity index (χ2v) is 5.90. The van der Waals surface area contributed by atoms with Crippen molar-refractivity contribution in [2.24, 2.45) is 0 Å². The number of esters is 1. The number of nitrogens with zero attached hydrogens (tertiary/aromatic N) is 1. The van der Waals surface area contributed by atoms with Gasteiger partial charge >= 0.3 is 5.97 Å². The second-order valence-electron chi connectivity index (χ2n) is 5.90. The van der Waals surface area contributed by atoms with E-state index < -0.39 is 17.6 Å². The SMILES string of the molecule is C[C@@H](NC(=O)c1ccc2cn[nH]c2c1)C(=O)OC(C)(C)C. The summed E-state index contributed by atoms with van der Waals surface area (Å²) >= 11 is 0. The molecule has 6 heteroatoms. The van der Waals surface area contributed by atoms with E-state index in [1.165, 1.54) is 0 Å². The summed E-state index contributed by atoms with van der Waals surface area (Å²) in [5.74, 6) is -0.789. The molecule has 0 unspecified atom stereocenters. The zero-order chi connectivity index (χ0) is 15.6. The first kappa shape index (κ1) is 15.0. The summed E-state index contributed by atoms with van der Waals surface area (Å²) in [5.41, 5.74) is 0.653. The van der Waals surface area contributed by atoms with Gasteiger partial charge in [0.2, 0.25) is 0 Å². The van der Waals surface area contributed by atoms with Crippen molar-refractivity contribution in [1.29, 1.82) is 0 Å². The van der Waals surface area contributed by atoms with E-state index in [9.17, 15) is 9.59 Å². The third kappa shape index (κ3) is 3.81. The van der Waals surface area contributed by atoms with Gasteiger partial charge in [-0.25, -0.2) is 4.79 Å². The Bertz CT molecular complexity index is 670. The van der Waals surface area contributed by atoms with Crippen LogP contribution in [-0.4, -0.2) is 33.7 Å². The lowest BCUT2D eigenvalue weighted by atomic mass is 10.1. The van der Waals surface area contributed by atoms with Crippen LogP contribution in [0.5, 0.6) is 0 Å². The Balaban J connectivity index is 2.04. The van der Waals surface area contributed by atoms with Crippen molar-refractivity contribution in [3.8, 4) is 0 Å². The fraction of sp³-hybridized carbons (Fsp3) is 0.400. The number of nitrogens with one attached hydrogen (secondary N) is 2. The fourth-order valence-corrected chi connectivity index (χ4v) is 1.81. The fourth-order valence-electron chi connectivity index (χ4n) is 1.81. The first-order valence-corrected chi connectivity index (χ1v) is 6.73. The molecule has 1 amide bonds. The highest BCUT2D eigenvalue weighted by Gasteiger charge is 2.23. The van der Waals surface area contributed by atoms with E-state index in [0.717, 1.165) is 10.9 Å². The van der Waals surface area contributed by atoms with E-state index in [1.54, 1.807) is 52.1 Å². The van der Waals surface area contributed by atoms with Crippen LogP contribution in [0.4, 0.5) is 0 Å². The number of hydrogen-bond acceptors (Lipinski definition) is 4. The molecule has 6 nitrogen and oxygen atoms in total. The maximum absolute atomic E-state index is 12.1. The van der Waals surface area contributed by atoms with Gasteiger partial charge < -0.3 is 10.1 Å². The molecule has 0 spiro atoms. The van der Waals surface area contributed by atoms with Crippen molar-refractivity contribution in [2.75, 3.05) is 0 Å². The molecule has 112 valence electrons. The van der Waals surface area contributed by atoms with Crippen LogP contribution in [0.3, 0.4) is 0 Å². The quantitative estimate of drug-likeness (QED) is 0.847. The largest absolute Gasteiger partial charge is 0.458 e. The van der Waals surface area contributed by atoms with Crippen LogP contribution in [0, 0.1) is 0 Å². The van der Waals surface area contributed by atoms with Gasteiger partial charge in [-0.3, -0.25) is 9.89 Å². The molecule has 0 saturated heterocycles. The Morgan fingerprint density at radius 3 is 2.71 bits per heavy atom. The van der Waals surface area contributed by atoms with Gasteiger partial charge in [0, 0.05) is 10.9 Å². The maximum Gasteiger partial charge on any atom is 0.328 e. The number of rotatable bonds is 3. The molecule has 0 aliphatic rings. The van der Waals surface area contributed by atoms with Crippen LogP contribution < -0.4 is 5.32 Å². The van der Waals surface area contributed by atoms with Crippen molar-refractivity contribution in [3.63, 3.8) is 0 Å². The Morgan fingerprint density at radius 1 is 1.33 bits per heavy atom. The molecular weight excluding hydrogens is 270 g/mol. The van der Waals surface area contributed by atoms with Crippen LogP contribution in [0.25, 0.3) is 10.9 Å². The van der Waals surface area contributed by atoms with Crippen molar-refractivity contribution in [3.05, 3.63) is 30.0 Å². The lowest BCUT2D eigenvalue weighted by Gasteiger charge is -2.22. The summed E-state index contributed by atoms with van der Waals surface area (Å²) < 4.78 is 5.22. The number of carbonyl (C=O) groups is 2. The third-order valence-electron chi connectivity index (χ3n) is 2.81. The zero-order valence-corrected chi connectivity index (χ0v) is 12.6. The number of carbonyl (C=O) groups excluding carboxylic acids is 2. The molecule has 2 rings (SSSR count). The number of H-pyrrole nitrogens is 1. The van der Waals surface area contributed by atoms with Crippen LogP contribution in [-0.2, 0) is 9.53 Å². The highest BCUT2D eigenvalue weighted by Crippen LogP contribution is 2.13. The average Bonchev–Trinajstić information content (AvgIpc) is 2.83. The van der Waals surface area contributed by atoms with Gasteiger partial charge in [-0.05, 0) is 39.8 Å². The summed E-state index contributed by atoms with van der Waals surface area (Å²) in [6.45, 7) is 6.95. The minimum absolute atomic E-state index is 0.329. The van der Waals surface area contributed by atoms with Crippen molar-refractivity contribution < 1.29 is 14.3 Å². The molecule has 0 bridgehead atoms. The normalized spacial score (nSPS) is 13.0. The molecule has 1 aromatic heterocycles. The van der Waals surface area contributed by atoms with E-state index in [4.69, 9.17) is 4.74 Å². The minimum atomic E-state index is -0.714. The number of amides is 1. The van der Waals surface area contributed by atoms with Crippen LogP contribution in [0.2, 0.25) is 0 Å². The second kappa shape index (κ2) is 5.55. The van der Waals surface area contributed by atoms with Gasteiger partial charge in [0.05, 0.1) is 11.7 Å². The van der Waals surface area contributed by atoms with Crippen molar-refractivity contribution in [1.82, 2.24) is 15.5 Å². The standard InChI is InChI=1S/C15H19N3O3/c1-9(14(20)21-15(2,3)4)17-13(19)10-5-6-11-8-16-18-12(11)7-10/h5-9H,1-4H3,(H,16,18)(H,17,19)/t9-/m1/s1. The number of aromatic amines is 1. The number of aromatic nitrogens is 2. The molecule has 0 radical (unpaired) electrons. The number of fused-ring (bicyclic) bond motifs is 1. The lowest BCUT2D eigenvalue weighted by molar-refractivity contribution is -0.156. The molecule has 0 aliphatic heterocycles. The molecule has 2 aromatic rings. The Hall–Kier alpha value is -2.37. The Kier molecular flexibility index (Phi) is 3.97. The Morgan fingerprint density at radius 2 is 2.05 bits per heavy atom. The number of hydrogen-bond donors (Lipinski definition) is 2. The van der Waals surface area contributed by atoms with Crippen LogP contribution in [0.15, 0.2) is 24.4 Å². The van der Waals surface area contributed by atoms with Gasteiger partial charge in [-0.1, -0.05) is 6.07 Å². The monoisotopic (exact) mass is 289 g/mol. The van der Waals surface area contributed by atoms with Crippen LogP contribution >= 0.6 is 0 Å².